The van der Waals surface area contributed by atoms with Crippen LogP contribution in [0.4, 0.5) is 4.39 Å². The number of rotatable bonds is 5. The quantitative estimate of drug-likeness (QED) is 0.903. The molecule has 1 aromatic carbocycles. The van der Waals surface area contributed by atoms with Gasteiger partial charge in [0.25, 0.3) is 0 Å². The van der Waals surface area contributed by atoms with E-state index in [-0.39, 0.29) is 17.1 Å². The lowest BCUT2D eigenvalue weighted by molar-refractivity contribution is 0.200. The van der Waals surface area contributed by atoms with E-state index < -0.39 is 10.0 Å². The van der Waals surface area contributed by atoms with Gasteiger partial charge in [-0.1, -0.05) is 12.1 Å². The zero-order chi connectivity index (χ0) is 14.9. The van der Waals surface area contributed by atoms with E-state index in [0.717, 1.165) is 50.9 Å². The molecule has 2 fully saturated rings. The summed E-state index contributed by atoms with van der Waals surface area (Å²) in [6.07, 6.45) is 3.29. The first-order valence-corrected chi connectivity index (χ1v) is 9.05. The summed E-state index contributed by atoms with van der Waals surface area (Å²) in [6, 6.07) is 6.63. The van der Waals surface area contributed by atoms with E-state index in [2.05, 4.69) is 9.62 Å². The molecule has 3 rings (SSSR count). The Bertz CT molecular complexity index is 576. The van der Waals surface area contributed by atoms with Crippen LogP contribution >= 0.6 is 0 Å². The molecule has 1 heterocycles. The van der Waals surface area contributed by atoms with Crippen LogP contribution in [0.3, 0.4) is 0 Å². The summed E-state index contributed by atoms with van der Waals surface area (Å²) in [5, 5.41) is -0.144. The van der Waals surface area contributed by atoms with Crippen molar-refractivity contribution in [2.45, 2.75) is 43.5 Å². The lowest BCUT2D eigenvalue weighted by atomic mass is 10.1. The standard InChI is InChI=1S/C15H21FN2O2S/c16-13-3-1-12(2-4-13)11-18-9-7-14(8-10-18)17-21(19,20)15-5-6-15/h1-4,14-15,17H,5-11H2. The van der Waals surface area contributed by atoms with Gasteiger partial charge in [-0.05, 0) is 43.4 Å². The molecule has 0 amide bonds. The van der Waals surface area contributed by atoms with E-state index >= 15 is 0 Å². The minimum absolute atomic E-state index is 0.0695. The summed E-state index contributed by atoms with van der Waals surface area (Å²) in [4.78, 5) is 2.29. The van der Waals surface area contributed by atoms with Crippen molar-refractivity contribution in [1.29, 1.82) is 0 Å². The summed E-state index contributed by atoms with van der Waals surface area (Å²) < 4.78 is 39.5. The van der Waals surface area contributed by atoms with Gasteiger partial charge in [-0.25, -0.2) is 17.5 Å². The fourth-order valence-electron chi connectivity index (χ4n) is 2.76. The van der Waals surface area contributed by atoms with Crippen LogP contribution in [0.2, 0.25) is 0 Å². The molecule has 2 aliphatic rings. The van der Waals surface area contributed by atoms with Crippen LogP contribution in [0.5, 0.6) is 0 Å². The van der Waals surface area contributed by atoms with Crippen molar-refractivity contribution in [1.82, 2.24) is 9.62 Å². The number of sulfonamides is 1. The number of hydrogen-bond donors (Lipinski definition) is 1. The van der Waals surface area contributed by atoms with E-state index in [9.17, 15) is 12.8 Å². The molecule has 21 heavy (non-hydrogen) atoms. The summed E-state index contributed by atoms with van der Waals surface area (Å²) in [6.45, 7) is 2.53. The van der Waals surface area contributed by atoms with Crippen molar-refractivity contribution in [2.24, 2.45) is 0 Å². The molecule has 0 spiro atoms. The third kappa shape index (κ3) is 4.02. The van der Waals surface area contributed by atoms with Crippen molar-refractivity contribution in [3.63, 3.8) is 0 Å². The fourth-order valence-corrected chi connectivity index (χ4v) is 4.41. The molecule has 1 saturated carbocycles. The highest BCUT2D eigenvalue weighted by Gasteiger charge is 2.37. The third-order valence-electron chi connectivity index (χ3n) is 4.20. The lowest BCUT2D eigenvalue weighted by Crippen LogP contribution is -2.45. The number of nitrogens with one attached hydrogen (secondary N) is 1. The molecule has 0 radical (unpaired) electrons. The highest BCUT2D eigenvalue weighted by atomic mass is 32.2. The molecule has 1 aromatic rings. The molecule has 0 bridgehead atoms. The number of nitrogens with zero attached hydrogens (tertiary/aromatic N) is 1. The Labute approximate surface area is 125 Å². The van der Waals surface area contributed by atoms with E-state index in [1.165, 1.54) is 12.1 Å². The van der Waals surface area contributed by atoms with Crippen LogP contribution in [0, 0.1) is 5.82 Å². The number of piperidine rings is 1. The smallest absolute Gasteiger partial charge is 0.214 e. The van der Waals surface area contributed by atoms with Crippen LogP contribution in [-0.4, -0.2) is 37.7 Å². The molecule has 0 unspecified atom stereocenters. The maximum Gasteiger partial charge on any atom is 0.214 e. The minimum Gasteiger partial charge on any atom is -0.299 e. The maximum atomic E-state index is 12.9. The van der Waals surface area contributed by atoms with E-state index in [4.69, 9.17) is 0 Å². The second-order valence-corrected chi connectivity index (χ2v) is 8.03. The average molecular weight is 312 g/mol. The van der Waals surface area contributed by atoms with E-state index in [1.54, 1.807) is 12.1 Å². The van der Waals surface area contributed by atoms with E-state index in [1.807, 2.05) is 0 Å². The Morgan fingerprint density at radius 1 is 1.10 bits per heavy atom. The van der Waals surface area contributed by atoms with Crippen molar-refractivity contribution < 1.29 is 12.8 Å². The minimum atomic E-state index is -3.08. The van der Waals surface area contributed by atoms with Crippen LogP contribution in [0.25, 0.3) is 0 Å². The summed E-state index contributed by atoms with van der Waals surface area (Å²) in [5.74, 6) is -0.216. The largest absolute Gasteiger partial charge is 0.299 e. The van der Waals surface area contributed by atoms with Gasteiger partial charge in [-0.3, -0.25) is 4.90 Å². The first-order valence-electron chi connectivity index (χ1n) is 7.51. The third-order valence-corrected chi connectivity index (χ3v) is 6.21. The van der Waals surface area contributed by atoms with Crippen LogP contribution in [-0.2, 0) is 16.6 Å². The SMILES string of the molecule is O=S(=O)(NC1CCN(Cc2ccc(F)cc2)CC1)C1CC1. The van der Waals surface area contributed by atoms with Crippen molar-refractivity contribution in [3.05, 3.63) is 35.6 Å². The van der Waals surface area contributed by atoms with Gasteiger partial charge in [0, 0.05) is 25.7 Å². The lowest BCUT2D eigenvalue weighted by Gasteiger charge is -2.32. The Morgan fingerprint density at radius 2 is 1.71 bits per heavy atom. The average Bonchev–Trinajstić information content (AvgIpc) is 3.28. The second kappa shape index (κ2) is 6.02. The molecule has 0 aromatic heterocycles. The zero-order valence-corrected chi connectivity index (χ0v) is 12.8. The van der Waals surface area contributed by atoms with Gasteiger partial charge in [-0.2, -0.15) is 0 Å². The summed E-state index contributed by atoms with van der Waals surface area (Å²) in [7, 11) is -3.08. The first kappa shape index (κ1) is 14.9. The highest BCUT2D eigenvalue weighted by Crippen LogP contribution is 2.28. The number of benzene rings is 1. The van der Waals surface area contributed by atoms with Crippen molar-refractivity contribution in [2.75, 3.05) is 13.1 Å². The molecule has 116 valence electrons. The van der Waals surface area contributed by atoms with Gasteiger partial charge in [-0.15, -0.1) is 0 Å². The van der Waals surface area contributed by atoms with Gasteiger partial charge in [0.15, 0.2) is 0 Å². The molecular weight excluding hydrogens is 291 g/mol. The number of halogens is 1. The normalized spacial score (nSPS) is 21.6. The van der Waals surface area contributed by atoms with Crippen LogP contribution in [0.15, 0.2) is 24.3 Å². The van der Waals surface area contributed by atoms with Gasteiger partial charge in [0.1, 0.15) is 5.82 Å². The second-order valence-electron chi connectivity index (χ2n) is 6.04. The zero-order valence-electron chi connectivity index (χ0n) is 12.0. The summed E-state index contributed by atoms with van der Waals surface area (Å²) >= 11 is 0. The predicted octanol–water partition coefficient (Wildman–Crippen LogP) is 1.87. The molecule has 1 saturated heterocycles. The Morgan fingerprint density at radius 3 is 2.29 bits per heavy atom. The van der Waals surface area contributed by atoms with Gasteiger partial charge >= 0.3 is 0 Å². The molecule has 0 atom stereocenters. The van der Waals surface area contributed by atoms with Gasteiger partial charge in [0.05, 0.1) is 5.25 Å². The Kier molecular flexibility index (Phi) is 4.28. The molecule has 1 aliphatic carbocycles. The van der Waals surface area contributed by atoms with Gasteiger partial charge in [0.2, 0.25) is 10.0 Å². The number of likely N-dealkylation sites (tertiary alicyclic amines) is 1. The molecule has 6 heteroatoms. The highest BCUT2D eigenvalue weighted by molar-refractivity contribution is 7.90. The molecule has 1 N–H and O–H groups in total. The predicted molar refractivity (Wildman–Crippen MR) is 79.8 cm³/mol. The van der Waals surface area contributed by atoms with Crippen molar-refractivity contribution >= 4 is 10.0 Å². The maximum absolute atomic E-state index is 12.9. The molecular formula is C15H21FN2O2S. The Balaban J connectivity index is 1.47. The van der Waals surface area contributed by atoms with E-state index in [0.29, 0.717) is 0 Å². The van der Waals surface area contributed by atoms with Gasteiger partial charge < -0.3 is 0 Å². The number of hydrogen-bond acceptors (Lipinski definition) is 3. The van der Waals surface area contributed by atoms with Crippen molar-refractivity contribution in [3.8, 4) is 0 Å². The summed E-state index contributed by atoms with van der Waals surface area (Å²) in [5.41, 5.74) is 1.09. The van der Waals surface area contributed by atoms with Crippen LogP contribution < -0.4 is 4.72 Å². The Hall–Kier alpha value is -0.980. The first-order chi connectivity index (χ1) is 10.0. The monoisotopic (exact) mass is 312 g/mol. The fraction of sp³-hybridized carbons (Fsp3) is 0.600. The topological polar surface area (TPSA) is 49.4 Å². The van der Waals surface area contributed by atoms with Crippen LogP contribution in [0.1, 0.15) is 31.2 Å². The molecule has 4 nitrogen and oxygen atoms in total. The molecule has 1 aliphatic heterocycles.